The van der Waals surface area contributed by atoms with E-state index in [1.54, 1.807) is 0 Å². The van der Waals surface area contributed by atoms with Crippen molar-refractivity contribution < 1.29 is 19.1 Å². The van der Waals surface area contributed by atoms with E-state index in [1.807, 2.05) is 0 Å². The molecule has 0 rings (SSSR count). The lowest BCUT2D eigenvalue weighted by Gasteiger charge is -1.96. The average Bonchev–Trinajstić information content (AvgIpc) is 1.97. The van der Waals surface area contributed by atoms with Gasteiger partial charge in [0.15, 0.2) is 0 Å². The molecule has 0 radical (unpaired) electrons. The molecule has 0 bridgehead atoms. The van der Waals surface area contributed by atoms with Crippen LogP contribution < -0.4 is 0 Å². The Morgan fingerprint density at radius 3 is 2.64 bits per heavy atom. The molecule has 5 heteroatoms. The molecule has 0 aromatic heterocycles. The van der Waals surface area contributed by atoms with Crippen molar-refractivity contribution >= 4 is 17.8 Å². The SMILES string of the molecule is CC(=O)C(=O)OCCN=C=O. The van der Waals surface area contributed by atoms with E-state index in [9.17, 15) is 14.4 Å². The summed E-state index contributed by atoms with van der Waals surface area (Å²) in [5.74, 6) is -1.58. The van der Waals surface area contributed by atoms with E-state index in [0.29, 0.717) is 0 Å². The van der Waals surface area contributed by atoms with Gasteiger partial charge in [0.05, 0.1) is 6.54 Å². The Labute approximate surface area is 63.1 Å². The summed E-state index contributed by atoms with van der Waals surface area (Å²) < 4.78 is 4.34. The van der Waals surface area contributed by atoms with Gasteiger partial charge in [-0.2, -0.15) is 0 Å². The predicted octanol–water partition coefficient (Wildman–Crippen LogP) is -0.546. The summed E-state index contributed by atoms with van der Waals surface area (Å²) >= 11 is 0. The molecular weight excluding hydrogens is 150 g/mol. The van der Waals surface area contributed by atoms with E-state index in [-0.39, 0.29) is 13.2 Å². The van der Waals surface area contributed by atoms with E-state index in [2.05, 4.69) is 9.73 Å². The maximum absolute atomic E-state index is 10.4. The zero-order chi connectivity index (χ0) is 8.69. The highest BCUT2D eigenvalue weighted by Crippen LogP contribution is 1.80. The monoisotopic (exact) mass is 157 g/mol. The van der Waals surface area contributed by atoms with Crippen LogP contribution in [0.25, 0.3) is 0 Å². The minimum Gasteiger partial charge on any atom is -0.458 e. The van der Waals surface area contributed by atoms with Crippen molar-refractivity contribution in [2.75, 3.05) is 13.2 Å². The summed E-state index contributed by atoms with van der Waals surface area (Å²) in [5.41, 5.74) is 0. The summed E-state index contributed by atoms with van der Waals surface area (Å²) in [5, 5.41) is 0. The maximum atomic E-state index is 10.4. The van der Waals surface area contributed by atoms with E-state index in [4.69, 9.17) is 0 Å². The van der Waals surface area contributed by atoms with Gasteiger partial charge < -0.3 is 4.74 Å². The Bertz CT molecular complexity index is 205. The molecule has 0 saturated heterocycles. The van der Waals surface area contributed by atoms with Crippen LogP contribution in [-0.4, -0.2) is 31.0 Å². The second kappa shape index (κ2) is 5.32. The van der Waals surface area contributed by atoms with Gasteiger partial charge in [0.25, 0.3) is 0 Å². The third kappa shape index (κ3) is 4.99. The standard InChI is InChI=1S/C6H7NO4/c1-5(9)6(10)11-3-2-7-4-8/h2-3H2,1H3. The fraction of sp³-hybridized carbons (Fsp3) is 0.500. The first-order chi connectivity index (χ1) is 5.18. The van der Waals surface area contributed by atoms with Crippen LogP contribution in [-0.2, 0) is 19.1 Å². The molecule has 0 aliphatic carbocycles. The Morgan fingerprint density at radius 2 is 2.18 bits per heavy atom. The molecule has 0 unspecified atom stereocenters. The zero-order valence-corrected chi connectivity index (χ0v) is 5.99. The summed E-state index contributed by atoms with van der Waals surface area (Å²) in [4.78, 5) is 33.2. The smallest absolute Gasteiger partial charge is 0.374 e. The zero-order valence-electron chi connectivity index (χ0n) is 5.99. The first-order valence-electron chi connectivity index (χ1n) is 2.90. The highest BCUT2D eigenvalue weighted by atomic mass is 16.5. The summed E-state index contributed by atoms with van der Waals surface area (Å²) in [6, 6.07) is 0. The minimum absolute atomic E-state index is 0.0442. The molecule has 5 nitrogen and oxygen atoms in total. The number of carbonyl (C=O) groups excluding carboxylic acids is 3. The summed E-state index contributed by atoms with van der Waals surface area (Å²) in [6.07, 6.45) is 1.27. The molecule has 0 saturated carbocycles. The second-order valence-electron chi connectivity index (χ2n) is 1.67. The minimum atomic E-state index is -0.911. The van der Waals surface area contributed by atoms with Crippen LogP contribution in [0.1, 0.15) is 6.92 Å². The molecule has 0 aromatic carbocycles. The third-order valence-electron chi connectivity index (χ3n) is 0.788. The third-order valence-corrected chi connectivity index (χ3v) is 0.788. The fourth-order valence-corrected chi connectivity index (χ4v) is 0.331. The van der Waals surface area contributed by atoms with Gasteiger partial charge in [-0.25, -0.2) is 14.6 Å². The molecule has 0 spiro atoms. The van der Waals surface area contributed by atoms with Gasteiger partial charge in [0.2, 0.25) is 11.9 Å². The van der Waals surface area contributed by atoms with Gasteiger partial charge in [-0.3, -0.25) is 4.79 Å². The largest absolute Gasteiger partial charge is 0.458 e. The lowest BCUT2D eigenvalue weighted by Crippen LogP contribution is -2.15. The summed E-state index contributed by atoms with van der Waals surface area (Å²) in [6.45, 7) is 1.08. The number of carbonyl (C=O) groups is 2. The topological polar surface area (TPSA) is 72.8 Å². The van der Waals surface area contributed by atoms with Crippen LogP contribution >= 0.6 is 0 Å². The van der Waals surface area contributed by atoms with Crippen molar-refractivity contribution in [3.05, 3.63) is 0 Å². The van der Waals surface area contributed by atoms with Crippen molar-refractivity contribution in [2.24, 2.45) is 4.99 Å². The molecule has 0 aliphatic heterocycles. The highest BCUT2D eigenvalue weighted by molar-refractivity contribution is 6.32. The van der Waals surface area contributed by atoms with Gasteiger partial charge in [-0.15, -0.1) is 0 Å². The van der Waals surface area contributed by atoms with Crippen LogP contribution in [0, 0.1) is 0 Å². The van der Waals surface area contributed by atoms with Crippen LogP contribution in [0.3, 0.4) is 0 Å². The number of esters is 1. The van der Waals surface area contributed by atoms with Crippen LogP contribution in [0.15, 0.2) is 4.99 Å². The molecule has 0 aromatic rings. The number of Topliss-reactive ketones (excluding diaryl/α,β-unsaturated/α-hetero) is 1. The number of hydrogen-bond acceptors (Lipinski definition) is 5. The number of rotatable bonds is 4. The van der Waals surface area contributed by atoms with Crippen molar-refractivity contribution in [3.8, 4) is 0 Å². The highest BCUT2D eigenvalue weighted by Gasteiger charge is 2.06. The Balaban J connectivity index is 3.47. The molecule has 0 fully saturated rings. The van der Waals surface area contributed by atoms with Crippen molar-refractivity contribution in [3.63, 3.8) is 0 Å². The number of nitrogens with zero attached hydrogens (tertiary/aromatic N) is 1. The van der Waals surface area contributed by atoms with Gasteiger partial charge in [0, 0.05) is 6.92 Å². The first-order valence-corrected chi connectivity index (χ1v) is 2.90. The Kier molecular flexibility index (Phi) is 4.60. The van der Waals surface area contributed by atoms with E-state index >= 15 is 0 Å². The van der Waals surface area contributed by atoms with Crippen molar-refractivity contribution in [1.82, 2.24) is 0 Å². The Hall–Kier alpha value is -1.48. The lowest BCUT2D eigenvalue weighted by atomic mass is 10.5. The molecular formula is C6H7NO4. The number of hydrogen-bond donors (Lipinski definition) is 0. The lowest BCUT2D eigenvalue weighted by molar-refractivity contribution is -0.152. The second-order valence-corrected chi connectivity index (χ2v) is 1.67. The predicted molar refractivity (Wildman–Crippen MR) is 34.6 cm³/mol. The fourth-order valence-electron chi connectivity index (χ4n) is 0.331. The van der Waals surface area contributed by atoms with Gasteiger partial charge in [0.1, 0.15) is 6.61 Å². The Morgan fingerprint density at radius 1 is 1.55 bits per heavy atom. The van der Waals surface area contributed by atoms with Crippen LogP contribution in [0.2, 0.25) is 0 Å². The number of ketones is 1. The number of aliphatic imine (C=N–C) groups is 1. The van der Waals surface area contributed by atoms with Crippen molar-refractivity contribution in [1.29, 1.82) is 0 Å². The molecule has 11 heavy (non-hydrogen) atoms. The molecule has 0 atom stereocenters. The molecule has 0 heterocycles. The van der Waals surface area contributed by atoms with Crippen LogP contribution in [0.4, 0.5) is 0 Å². The number of isocyanates is 1. The molecule has 0 aliphatic rings. The van der Waals surface area contributed by atoms with E-state index in [0.717, 1.165) is 6.92 Å². The van der Waals surface area contributed by atoms with Crippen molar-refractivity contribution in [2.45, 2.75) is 6.92 Å². The number of ether oxygens (including phenoxy) is 1. The van der Waals surface area contributed by atoms with E-state index < -0.39 is 11.8 Å². The van der Waals surface area contributed by atoms with E-state index in [1.165, 1.54) is 6.08 Å². The van der Waals surface area contributed by atoms with Crippen LogP contribution in [0.5, 0.6) is 0 Å². The maximum Gasteiger partial charge on any atom is 0.374 e. The average molecular weight is 157 g/mol. The van der Waals surface area contributed by atoms with Gasteiger partial charge in [-0.05, 0) is 0 Å². The normalized spacial score (nSPS) is 8.09. The molecule has 0 N–H and O–H groups in total. The van der Waals surface area contributed by atoms with Gasteiger partial charge in [-0.1, -0.05) is 0 Å². The van der Waals surface area contributed by atoms with Gasteiger partial charge >= 0.3 is 5.97 Å². The molecule has 0 amide bonds. The first kappa shape index (κ1) is 9.52. The molecule has 60 valence electrons. The quantitative estimate of drug-likeness (QED) is 0.180. The summed E-state index contributed by atoms with van der Waals surface area (Å²) in [7, 11) is 0.